The van der Waals surface area contributed by atoms with Crippen LogP contribution >= 0.6 is 0 Å². The van der Waals surface area contributed by atoms with Crippen LogP contribution in [0.5, 0.6) is 0 Å². The molecule has 142 valence electrons. The van der Waals surface area contributed by atoms with E-state index in [1.54, 1.807) is 12.1 Å². The Bertz CT molecular complexity index is 829. The summed E-state index contributed by atoms with van der Waals surface area (Å²) in [5.74, 6) is -1.87. The highest BCUT2D eigenvalue weighted by Gasteiger charge is 2.44. The minimum Gasteiger partial charge on any atom is -0.304 e. The number of hydrogen-bond acceptors (Lipinski definition) is 6. The van der Waals surface area contributed by atoms with Crippen molar-refractivity contribution in [1.82, 2.24) is 20.0 Å². The number of piperidine rings is 1. The smallest absolute Gasteiger partial charge is 0.262 e. The van der Waals surface area contributed by atoms with E-state index >= 15 is 0 Å². The highest BCUT2D eigenvalue weighted by atomic mass is 16.2. The van der Waals surface area contributed by atoms with Crippen molar-refractivity contribution < 1.29 is 19.2 Å². The van der Waals surface area contributed by atoms with Gasteiger partial charge in [-0.15, -0.1) is 0 Å². The van der Waals surface area contributed by atoms with Crippen LogP contribution in [0.15, 0.2) is 18.2 Å². The number of amides is 4. The molecule has 8 nitrogen and oxygen atoms in total. The Morgan fingerprint density at radius 2 is 1.70 bits per heavy atom. The zero-order chi connectivity index (χ0) is 19.1. The van der Waals surface area contributed by atoms with E-state index < -0.39 is 23.8 Å². The monoisotopic (exact) mass is 370 g/mol. The molecule has 0 aromatic heterocycles. The molecule has 4 amide bonds. The van der Waals surface area contributed by atoms with E-state index in [9.17, 15) is 19.2 Å². The molecule has 2 saturated heterocycles. The molecule has 8 heteroatoms. The maximum atomic E-state index is 12.8. The van der Waals surface area contributed by atoms with Crippen molar-refractivity contribution in [3.05, 3.63) is 34.9 Å². The van der Waals surface area contributed by atoms with E-state index in [1.165, 1.54) is 0 Å². The van der Waals surface area contributed by atoms with Crippen molar-refractivity contribution >= 4 is 23.6 Å². The zero-order valence-corrected chi connectivity index (χ0v) is 15.2. The summed E-state index contributed by atoms with van der Waals surface area (Å²) >= 11 is 0. The second-order valence-electron chi connectivity index (χ2n) is 7.41. The Morgan fingerprint density at radius 3 is 2.41 bits per heavy atom. The van der Waals surface area contributed by atoms with E-state index in [-0.39, 0.29) is 18.7 Å². The first-order valence-corrected chi connectivity index (χ1v) is 9.19. The molecule has 1 N–H and O–H groups in total. The summed E-state index contributed by atoms with van der Waals surface area (Å²) in [5.41, 5.74) is 1.65. The third kappa shape index (κ3) is 3.26. The fraction of sp³-hybridized carbons (Fsp3) is 0.474. The van der Waals surface area contributed by atoms with Gasteiger partial charge in [-0.2, -0.15) is 0 Å². The molecule has 3 aliphatic heterocycles. The standard InChI is InChI=1S/C19H22N4O4/c1-21-6-8-22(9-7-21)11-12-2-3-13-14(10-12)19(27)23(18(13)26)15-4-5-16(24)20-17(15)25/h2-3,10,15H,4-9,11H2,1H3,(H,20,24,25). The summed E-state index contributed by atoms with van der Waals surface area (Å²) in [6, 6.07) is 4.39. The number of hydrogen-bond donors (Lipinski definition) is 1. The van der Waals surface area contributed by atoms with E-state index in [1.807, 2.05) is 6.07 Å². The van der Waals surface area contributed by atoms with Gasteiger partial charge in [0.05, 0.1) is 11.1 Å². The van der Waals surface area contributed by atoms with Crippen LogP contribution in [-0.4, -0.2) is 77.6 Å². The van der Waals surface area contributed by atoms with Crippen molar-refractivity contribution in [3.63, 3.8) is 0 Å². The Hall–Kier alpha value is -2.58. The third-order valence-corrected chi connectivity index (χ3v) is 5.51. The molecule has 1 unspecified atom stereocenters. The van der Waals surface area contributed by atoms with Gasteiger partial charge in [0.2, 0.25) is 11.8 Å². The first-order chi connectivity index (χ1) is 12.9. The first-order valence-electron chi connectivity index (χ1n) is 9.19. The van der Waals surface area contributed by atoms with Crippen LogP contribution in [0.1, 0.15) is 39.1 Å². The van der Waals surface area contributed by atoms with E-state index in [4.69, 9.17) is 0 Å². The second-order valence-corrected chi connectivity index (χ2v) is 7.41. The average Bonchev–Trinajstić information content (AvgIpc) is 2.88. The van der Waals surface area contributed by atoms with Crippen LogP contribution < -0.4 is 5.32 Å². The minimum atomic E-state index is -0.920. The maximum Gasteiger partial charge on any atom is 0.262 e. The molecule has 0 saturated carbocycles. The fourth-order valence-corrected chi connectivity index (χ4v) is 3.88. The number of piperazine rings is 1. The lowest BCUT2D eigenvalue weighted by Gasteiger charge is -2.32. The summed E-state index contributed by atoms with van der Waals surface area (Å²) in [6.45, 7) is 4.66. The molecular weight excluding hydrogens is 348 g/mol. The number of benzene rings is 1. The third-order valence-electron chi connectivity index (χ3n) is 5.51. The first kappa shape index (κ1) is 17.8. The molecule has 3 heterocycles. The molecule has 27 heavy (non-hydrogen) atoms. The topological polar surface area (TPSA) is 90.0 Å². The molecule has 0 bridgehead atoms. The lowest BCUT2D eigenvalue weighted by Crippen LogP contribution is -2.54. The van der Waals surface area contributed by atoms with Crippen molar-refractivity contribution in [2.24, 2.45) is 0 Å². The van der Waals surface area contributed by atoms with Crippen molar-refractivity contribution in [2.45, 2.75) is 25.4 Å². The summed E-state index contributed by atoms with van der Waals surface area (Å²) in [4.78, 5) is 54.6. The molecular formula is C19H22N4O4. The van der Waals surface area contributed by atoms with Gasteiger partial charge in [-0.05, 0) is 31.2 Å². The number of imide groups is 2. The Balaban J connectivity index is 1.53. The van der Waals surface area contributed by atoms with Gasteiger partial charge in [-0.25, -0.2) is 0 Å². The number of rotatable bonds is 3. The predicted octanol–water partition coefficient (Wildman–Crippen LogP) is -0.165. The van der Waals surface area contributed by atoms with E-state index in [0.717, 1.165) is 43.2 Å². The molecule has 1 aromatic rings. The zero-order valence-electron chi connectivity index (χ0n) is 15.2. The van der Waals surface area contributed by atoms with E-state index in [2.05, 4.69) is 22.2 Å². The van der Waals surface area contributed by atoms with Crippen molar-refractivity contribution in [2.75, 3.05) is 33.2 Å². The van der Waals surface area contributed by atoms with Gasteiger partial charge < -0.3 is 4.90 Å². The molecule has 0 radical (unpaired) electrons. The normalized spacial score (nSPS) is 24.3. The number of likely N-dealkylation sites (N-methyl/N-ethyl adjacent to an activating group) is 1. The summed E-state index contributed by atoms with van der Waals surface area (Å²) in [6.07, 6.45) is 0.294. The SMILES string of the molecule is CN1CCN(Cc2ccc3c(c2)C(=O)N(C2CCC(=O)NC2=O)C3=O)CC1. The minimum absolute atomic E-state index is 0.123. The van der Waals surface area contributed by atoms with Crippen molar-refractivity contribution in [3.8, 4) is 0 Å². The quantitative estimate of drug-likeness (QED) is 0.744. The average molecular weight is 370 g/mol. The number of fused-ring (bicyclic) bond motifs is 1. The lowest BCUT2D eigenvalue weighted by molar-refractivity contribution is -0.136. The van der Waals surface area contributed by atoms with Crippen LogP contribution in [0.4, 0.5) is 0 Å². The number of nitrogens with one attached hydrogen (secondary N) is 1. The fourth-order valence-electron chi connectivity index (χ4n) is 3.88. The molecule has 3 aliphatic rings. The molecule has 0 spiro atoms. The van der Waals surface area contributed by atoms with Gasteiger partial charge in [-0.1, -0.05) is 6.07 Å². The summed E-state index contributed by atoms with van der Waals surface area (Å²) in [5, 5.41) is 2.21. The van der Waals surface area contributed by atoms with Crippen LogP contribution in [-0.2, 0) is 16.1 Å². The molecule has 1 atom stereocenters. The highest BCUT2D eigenvalue weighted by Crippen LogP contribution is 2.28. The van der Waals surface area contributed by atoms with Crippen LogP contribution in [0.3, 0.4) is 0 Å². The number of nitrogens with zero attached hydrogens (tertiary/aromatic N) is 3. The lowest BCUT2D eigenvalue weighted by atomic mass is 10.0. The van der Waals surface area contributed by atoms with Gasteiger partial charge in [0.15, 0.2) is 0 Å². The van der Waals surface area contributed by atoms with Crippen molar-refractivity contribution in [1.29, 1.82) is 0 Å². The van der Waals surface area contributed by atoms with Crippen LogP contribution in [0.2, 0.25) is 0 Å². The number of carbonyl (C=O) groups is 4. The predicted molar refractivity (Wildman–Crippen MR) is 95.9 cm³/mol. The molecule has 4 rings (SSSR count). The van der Waals surface area contributed by atoms with Gasteiger partial charge in [0.25, 0.3) is 11.8 Å². The largest absolute Gasteiger partial charge is 0.304 e. The van der Waals surface area contributed by atoms with Gasteiger partial charge in [-0.3, -0.25) is 34.3 Å². The molecule has 0 aliphatic carbocycles. The maximum absolute atomic E-state index is 12.8. The number of carbonyl (C=O) groups excluding carboxylic acids is 4. The van der Waals surface area contributed by atoms with Crippen LogP contribution in [0.25, 0.3) is 0 Å². The second kappa shape index (κ2) is 6.86. The van der Waals surface area contributed by atoms with Gasteiger partial charge in [0, 0.05) is 39.1 Å². The Kier molecular flexibility index (Phi) is 4.53. The summed E-state index contributed by atoms with van der Waals surface area (Å²) < 4.78 is 0. The molecule has 2 fully saturated rings. The van der Waals surface area contributed by atoms with Gasteiger partial charge in [0.1, 0.15) is 6.04 Å². The summed E-state index contributed by atoms with van der Waals surface area (Å²) in [7, 11) is 2.10. The Labute approximate surface area is 157 Å². The molecule has 1 aromatic carbocycles. The van der Waals surface area contributed by atoms with E-state index in [0.29, 0.717) is 11.1 Å². The highest BCUT2D eigenvalue weighted by molar-refractivity contribution is 6.23. The Morgan fingerprint density at radius 1 is 1.00 bits per heavy atom. The van der Waals surface area contributed by atoms with Gasteiger partial charge >= 0.3 is 0 Å². The van der Waals surface area contributed by atoms with Crippen LogP contribution in [0, 0.1) is 0 Å².